The second kappa shape index (κ2) is 4.43. The lowest BCUT2D eigenvalue weighted by Gasteiger charge is -2.11. The lowest BCUT2D eigenvalue weighted by Crippen LogP contribution is -2.42. The van der Waals surface area contributed by atoms with E-state index in [0.29, 0.717) is 12.2 Å². The maximum Gasteiger partial charge on any atom is 0.221 e. The number of carbonyl (C=O) groups excluding carboxylic acids is 1. The number of carbonyl (C=O) groups is 1. The van der Waals surface area contributed by atoms with E-state index in [-0.39, 0.29) is 6.54 Å². The maximum atomic E-state index is 9.84. The highest BCUT2D eigenvalue weighted by molar-refractivity contribution is 5.44. The summed E-state index contributed by atoms with van der Waals surface area (Å²) in [6, 6.07) is 0. The average Bonchev–Trinajstić information content (AvgIpc) is 2.48. The Morgan fingerprint density at radius 2 is 2.62 bits per heavy atom. The van der Waals surface area contributed by atoms with E-state index < -0.39 is 6.23 Å². The van der Waals surface area contributed by atoms with Gasteiger partial charge in [0.2, 0.25) is 6.41 Å². The molecule has 5 N–H and O–H groups in total. The number of amides is 1. The van der Waals surface area contributed by atoms with E-state index >= 15 is 0 Å². The molecule has 0 aliphatic heterocycles. The van der Waals surface area contributed by atoms with Crippen LogP contribution in [0.4, 0.5) is 5.82 Å². The fourth-order valence-corrected chi connectivity index (χ4v) is 0.853. The first kappa shape index (κ1) is 9.49. The van der Waals surface area contributed by atoms with Crippen molar-refractivity contribution in [2.45, 2.75) is 12.8 Å². The number of imidazole rings is 1. The Bertz CT molecular complexity index is 274. The van der Waals surface area contributed by atoms with Crippen molar-refractivity contribution >= 4 is 12.2 Å². The summed E-state index contributed by atoms with van der Waals surface area (Å²) in [6.07, 6.45) is 2.62. The molecule has 0 aromatic carbocycles. The third-order valence-corrected chi connectivity index (χ3v) is 1.35. The van der Waals surface area contributed by atoms with Gasteiger partial charge in [-0.3, -0.25) is 10.2 Å². The number of nitrogens with zero attached hydrogens (tertiary/aromatic N) is 2. The Kier molecular flexibility index (Phi) is 3.23. The zero-order valence-corrected chi connectivity index (χ0v) is 6.84. The summed E-state index contributed by atoms with van der Waals surface area (Å²) in [7, 11) is 0. The molecular formula is C6H11N5O2. The lowest BCUT2D eigenvalue weighted by atomic mass is 10.5. The predicted molar refractivity (Wildman–Crippen MR) is 45.0 cm³/mol. The first-order chi connectivity index (χ1) is 6.22. The molecule has 0 spiro atoms. The van der Waals surface area contributed by atoms with Crippen LogP contribution in [0.2, 0.25) is 0 Å². The van der Waals surface area contributed by atoms with Gasteiger partial charge in [-0.1, -0.05) is 0 Å². The van der Waals surface area contributed by atoms with Crippen LogP contribution in [0, 0.1) is 0 Å². The molecule has 1 amide bonds. The fraction of sp³-hybridized carbons (Fsp3) is 0.333. The summed E-state index contributed by atoms with van der Waals surface area (Å²) >= 11 is 0. The van der Waals surface area contributed by atoms with E-state index in [1.807, 2.05) is 0 Å². The Balaban J connectivity index is 2.35. The molecule has 0 radical (unpaired) electrons. The molecule has 1 atom stereocenters. The minimum atomic E-state index is -0.876. The molecule has 72 valence electrons. The first-order valence-electron chi connectivity index (χ1n) is 3.62. The van der Waals surface area contributed by atoms with E-state index in [0.717, 1.165) is 0 Å². The average molecular weight is 185 g/mol. The predicted octanol–water partition coefficient (Wildman–Crippen LogP) is -1.97. The molecule has 0 saturated heterocycles. The van der Waals surface area contributed by atoms with Gasteiger partial charge in [-0.15, -0.1) is 0 Å². The summed E-state index contributed by atoms with van der Waals surface area (Å²) in [5.41, 5.74) is 9.82. The molecule has 1 rings (SSSR count). The van der Waals surface area contributed by atoms with E-state index in [2.05, 4.69) is 15.8 Å². The van der Waals surface area contributed by atoms with Crippen molar-refractivity contribution in [1.82, 2.24) is 20.4 Å². The third kappa shape index (κ3) is 3.09. The Labute approximate surface area is 74.5 Å². The van der Waals surface area contributed by atoms with E-state index in [4.69, 9.17) is 5.73 Å². The van der Waals surface area contributed by atoms with Gasteiger partial charge < -0.3 is 15.4 Å². The second-order valence-electron chi connectivity index (χ2n) is 2.42. The molecule has 1 aromatic heterocycles. The zero-order valence-electron chi connectivity index (χ0n) is 6.84. The van der Waals surface area contributed by atoms with Crippen molar-refractivity contribution in [2.24, 2.45) is 0 Å². The van der Waals surface area contributed by atoms with Crippen molar-refractivity contribution in [3.63, 3.8) is 0 Å². The van der Waals surface area contributed by atoms with Gasteiger partial charge in [-0.25, -0.2) is 10.4 Å². The van der Waals surface area contributed by atoms with Crippen molar-refractivity contribution in [3.8, 4) is 0 Å². The minimum Gasteiger partial charge on any atom is -0.382 e. The molecule has 13 heavy (non-hydrogen) atoms. The van der Waals surface area contributed by atoms with Crippen LogP contribution in [0.5, 0.6) is 0 Å². The highest BCUT2D eigenvalue weighted by Crippen LogP contribution is 1.96. The monoisotopic (exact) mass is 185 g/mol. The molecule has 1 aromatic rings. The van der Waals surface area contributed by atoms with Gasteiger partial charge >= 0.3 is 0 Å². The van der Waals surface area contributed by atoms with Crippen LogP contribution >= 0.6 is 0 Å². The maximum absolute atomic E-state index is 9.84. The van der Waals surface area contributed by atoms with Gasteiger partial charge in [0.15, 0.2) is 0 Å². The number of aliphatic hydroxyl groups is 1. The van der Waals surface area contributed by atoms with Gasteiger partial charge in [0.1, 0.15) is 12.0 Å². The highest BCUT2D eigenvalue weighted by atomic mass is 16.3. The highest BCUT2D eigenvalue weighted by Gasteiger charge is 2.03. The first-order valence-corrected chi connectivity index (χ1v) is 3.62. The number of anilines is 1. The molecule has 7 nitrogen and oxygen atoms in total. The van der Waals surface area contributed by atoms with Crippen LogP contribution in [0.3, 0.4) is 0 Å². The number of nitrogen functional groups attached to an aromatic ring is 1. The normalized spacial score (nSPS) is 12.4. The summed E-state index contributed by atoms with van der Waals surface area (Å²) < 4.78 is 1.60. The SMILES string of the molecule is Nc1cn(CC(O)NNC=O)cn1. The number of aromatic nitrogens is 2. The quantitative estimate of drug-likeness (QED) is 0.242. The molecule has 1 unspecified atom stereocenters. The minimum absolute atomic E-state index is 0.255. The van der Waals surface area contributed by atoms with Crippen LogP contribution in [0.1, 0.15) is 0 Å². The number of aliphatic hydroxyl groups excluding tert-OH is 1. The summed E-state index contributed by atoms with van der Waals surface area (Å²) in [4.78, 5) is 13.6. The number of hydrogen-bond acceptors (Lipinski definition) is 5. The number of nitrogens with two attached hydrogens (primary N) is 1. The van der Waals surface area contributed by atoms with Crippen LogP contribution in [-0.4, -0.2) is 27.3 Å². The molecule has 0 aliphatic rings. The topological polar surface area (TPSA) is 105 Å². The Morgan fingerprint density at radius 1 is 1.85 bits per heavy atom. The molecule has 0 saturated carbocycles. The van der Waals surface area contributed by atoms with Gasteiger partial charge in [0.25, 0.3) is 0 Å². The van der Waals surface area contributed by atoms with Gasteiger partial charge in [0.05, 0.1) is 12.9 Å². The van der Waals surface area contributed by atoms with Crippen molar-refractivity contribution < 1.29 is 9.90 Å². The van der Waals surface area contributed by atoms with Crippen LogP contribution < -0.4 is 16.6 Å². The van der Waals surface area contributed by atoms with Crippen LogP contribution in [-0.2, 0) is 11.3 Å². The van der Waals surface area contributed by atoms with Crippen LogP contribution in [0.15, 0.2) is 12.5 Å². The summed E-state index contributed by atoms with van der Waals surface area (Å²) in [5.74, 6) is 0.385. The molecule has 0 fully saturated rings. The number of hydrazine groups is 1. The van der Waals surface area contributed by atoms with Crippen molar-refractivity contribution in [2.75, 3.05) is 5.73 Å². The lowest BCUT2D eigenvalue weighted by molar-refractivity contribution is -0.111. The molecule has 7 heteroatoms. The van der Waals surface area contributed by atoms with Gasteiger partial charge in [0, 0.05) is 6.20 Å². The zero-order chi connectivity index (χ0) is 9.68. The van der Waals surface area contributed by atoms with E-state index in [1.165, 1.54) is 6.33 Å². The molecule has 1 heterocycles. The van der Waals surface area contributed by atoms with Crippen LogP contribution in [0.25, 0.3) is 0 Å². The van der Waals surface area contributed by atoms with Gasteiger partial charge in [-0.2, -0.15) is 0 Å². The van der Waals surface area contributed by atoms with Crippen molar-refractivity contribution in [3.05, 3.63) is 12.5 Å². The van der Waals surface area contributed by atoms with E-state index in [9.17, 15) is 9.90 Å². The molecule has 0 bridgehead atoms. The standard InChI is InChI=1S/C6H11N5O2/c7-5-1-11(3-8-5)2-6(13)10-9-4-12/h1,3-4,6,10,13H,2,7H2,(H,9,12). The van der Waals surface area contributed by atoms with Gasteiger partial charge in [-0.05, 0) is 0 Å². The Morgan fingerprint density at radius 3 is 3.15 bits per heavy atom. The Hall–Kier alpha value is -1.60. The summed E-state index contributed by atoms with van der Waals surface area (Å²) in [6.45, 7) is 0.255. The number of nitrogens with one attached hydrogen (secondary N) is 2. The number of hydrogen-bond donors (Lipinski definition) is 4. The number of rotatable bonds is 5. The van der Waals surface area contributed by atoms with Crippen molar-refractivity contribution in [1.29, 1.82) is 0 Å². The smallest absolute Gasteiger partial charge is 0.221 e. The summed E-state index contributed by atoms with van der Waals surface area (Å²) in [5, 5.41) is 9.22. The molecular weight excluding hydrogens is 174 g/mol. The third-order valence-electron chi connectivity index (χ3n) is 1.35. The van der Waals surface area contributed by atoms with E-state index in [1.54, 1.807) is 10.8 Å². The second-order valence-corrected chi connectivity index (χ2v) is 2.42. The largest absolute Gasteiger partial charge is 0.382 e. The fourth-order valence-electron chi connectivity index (χ4n) is 0.853. The molecule has 0 aliphatic carbocycles.